The molecule has 0 unspecified atom stereocenters. The summed E-state index contributed by atoms with van der Waals surface area (Å²) in [6.45, 7) is 0. The fourth-order valence-corrected chi connectivity index (χ4v) is 1.78. The van der Waals surface area contributed by atoms with Gasteiger partial charge in [-0.15, -0.1) is 0 Å². The Hall–Kier alpha value is -2.77. The van der Waals surface area contributed by atoms with Crippen LogP contribution in [0.2, 0.25) is 0 Å². The molecule has 1 aromatic heterocycles. The zero-order valence-electron chi connectivity index (χ0n) is 12.4. The Labute approximate surface area is 130 Å². The highest BCUT2D eigenvalue weighted by atomic mass is 19.4. The molecule has 0 fully saturated rings. The van der Waals surface area contributed by atoms with Crippen LogP contribution in [0.25, 0.3) is 0 Å². The summed E-state index contributed by atoms with van der Waals surface area (Å²) in [7, 11) is 2.87. The number of hydrogen-bond acceptors (Lipinski definition) is 5. The number of hydrogen-bond donors (Lipinski definition) is 1. The summed E-state index contributed by atoms with van der Waals surface area (Å²) < 4.78 is 42.9. The van der Waals surface area contributed by atoms with Gasteiger partial charge in [0.15, 0.2) is 11.5 Å². The molecule has 0 aliphatic rings. The number of methoxy groups -OCH3 is 1. The summed E-state index contributed by atoms with van der Waals surface area (Å²) in [5, 5.41) is 15.1. The van der Waals surface area contributed by atoms with Crippen molar-refractivity contribution in [3.63, 3.8) is 0 Å². The van der Waals surface area contributed by atoms with Crippen LogP contribution in [0.4, 0.5) is 19.0 Å². The van der Waals surface area contributed by atoms with E-state index in [2.05, 4.69) is 10.1 Å². The number of para-hydroxylation sites is 1. The van der Waals surface area contributed by atoms with E-state index in [1.165, 1.54) is 37.5 Å². The molecule has 0 bridgehead atoms. The molecule has 5 nitrogen and oxygen atoms in total. The maximum atomic E-state index is 12.7. The Balaban J connectivity index is 2.24. The molecule has 23 heavy (non-hydrogen) atoms. The van der Waals surface area contributed by atoms with Crippen molar-refractivity contribution in [2.45, 2.75) is 6.18 Å². The maximum absolute atomic E-state index is 12.7. The summed E-state index contributed by atoms with van der Waals surface area (Å²) in [6.07, 6.45) is -3.22. The number of rotatable bonds is 4. The van der Waals surface area contributed by atoms with Gasteiger partial charge in [0.05, 0.1) is 13.3 Å². The van der Waals surface area contributed by atoms with Crippen molar-refractivity contribution in [3.05, 3.63) is 47.7 Å². The van der Waals surface area contributed by atoms with Gasteiger partial charge in [-0.05, 0) is 24.3 Å². The number of halogens is 3. The number of nitrogens with zero attached hydrogens (tertiary/aromatic N) is 3. The monoisotopic (exact) mass is 325 g/mol. The second-order valence-corrected chi connectivity index (χ2v) is 4.55. The van der Waals surface area contributed by atoms with E-state index in [1.54, 1.807) is 18.2 Å². The van der Waals surface area contributed by atoms with Crippen LogP contribution >= 0.6 is 0 Å². The average Bonchev–Trinajstić information content (AvgIpc) is 2.53. The number of ether oxygens (including phenoxy) is 1. The molecule has 1 aromatic carbocycles. The third kappa shape index (κ3) is 3.91. The SMILES string of the molecule is COc1cccc(C=NN(C)c2cccc(C(F)(F)F)n2)c1O. The first-order valence-corrected chi connectivity index (χ1v) is 6.51. The molecule has 1 N–H and O–H groups in total. The third-order valence-electron chi connectivity index (χ3n) is 2.98. The Kier molecular flexibility index (Phi) is 4.73. The van der Waals surface area contributed by atoms with E-state index in [0.29, 0.717) is 5.56 Å². The van der Waals surface area contributed by atoms with Gasteiger partial charge in [-0.3, -0.25) is 5.01 Å². The minimum atomic E-state index is -4.52. The Bertz CT molecular complexity index is 717. The van der Waals surface area contributed by atoms with Crippen molar-refractivity contribution in [2.75, 3.05) is 19.2 Å². The minimum absolute atomic E-state index is 0.0264. The number of aromatic nitrogens is 1. The fraction of sp³-hybridized carbons (Fsp3) is 0.200. The van der Waals surface area contributed by atoms with Gasteiger partial charge in [0.2, 0.25) is 0 Å². The first-order valence-electron chi connectivity index (χ1n) is 6.51. The van der Waals surface area contributed by atoms with E-state index in [1.807, 2.05) is 0 Å². The Morgan fingerprint density at radius 2 is 1.91 bits per heavy atom. The van der Waals surface area contributed by atoms with E-state index < -0.39 is 11.9 Å². The fourth-order valence-electron chi connectivity index (χ4n) is 1.78. The number of pyridine rings is 1. The topological polar surface area (TPSA) is 58.0 Å². The van der Waals surface area contributed by atoms with Gasteiger partial charge < -0.3 is 9.84 Å². The molecule has 122 valence electrons. The first-order chi connectivity index (χ1) is 10.8. The average molecular weight is 325 g/mol. The van der Waals surface area contributed by atoms with Crippen LogP contribution in [0.5, 0.6) is 11.5 Å². The number of phenolic OH excluding ortho intramolecular Hbond substituents is 1. The Morgan fingerprint density at radius 3 is 2.57 bits per heavy atom. The Morgan fingerprint density at radius 1 is 1.22 bits per heavy atom. The summed E-state index contributed by atoms with van der Waals surface area (Å²) in [5.41, 5.74) is -0.635. The first kappa shape index (κ1) is 16.6. The van der Waals surface area contributed by atoms with Gasteiger partial charge in [0.25, 0.3) is 0 Å². The minimum Gasteiger partial charge on any atom is -0.504 e. The predicted octanol–water partition coefficient (Wildman–Crippen LogP) is 3.28. The highest BCUT2D eigenvalue weighted by Gasteiger charge is 2.32. The van der Waals surface area contributed by atoms with E-state index in [-0.39, 0.29) is 17.3 Å². The van der Waals surface area contributed by atoms with Crippen molar-refractivity contribution >= 4 is 12.0 Å². The van der Waals surface area contributed by atoms with Gasteiger partial charge in [-0.1, -0.05) is 12.1 Å². The molecule has 2 aromatic rings. The second-order valence-electron chi connectivity index (χ2n) is 4.55. The van der Waals surface area contributed by atoms with Crippen LogP contribution in [0.1, 0.15) is 11.3 Å². The van der Waals surface area contributed by atoms with E-state index >= 15 is 0 Å². The molecule has 8 heteroatoms. The number of hydrazone groups is 1. The molecule has 0 saturated carbocycles. The summed E-state index contributed by atoms with van der Waals surface area (Å²) >= 11 is 0. The predicted molar refractivity (Wildman–Crippen MR) is 79.9 cm³/mol. The lowest BCUT2D eigenvalue weighted by Gasteiger charge is -2.14. The van der Waals surface area contributed by atoms with Crippen molar-refractivity contribution in [3.8, 4) is 11.5 Å². The van der Waals surface area contributed by atoms with Crippen LogP contribution < -0.4 is 9.75 Å². The third-order valence-corrected chi connectivity index (χ3v) is 2.98. The summed E-state index contributed by atoms with van der Waals surface area (Å²) in [5.74, 6) is 0.191. The van der Waals surface area contributed by atoms with Crippen LogP contribution in [-0.4, -0.2) is 30.5 Å². The van der Waals surface area contributed by atoms with Gasteiger partial charge >= 0.3 is 6.18 Å². The molecule has 0 spiro atoms. The van der Waals surface area contributed by atoms with Gasteiger partial charge in [0.1, 0.15) is 11.5 Å². The van der Waals surface area contributed by atoms with Crippen LogP contribution in [-0.2, 0) is 6.18 Å². The molecule has 0 aliphatic carbocycles. The molecule has 0 radical (unpaired) electrons. The molecule has 0 amide bonds. The quantitative estimate of drug-likeness (QED) is 0.692. The van der Waals surface area contributed by atoms with Crippen LogP contribution in [0.15, 0.2) is 41.5 Å². The van der Waals surface area contributed by atoms with Gasteiger partial charge in [-0.2, -0.15) is 18.3 Å². The normalized spacial score (nSPS) is 11.7. The van der Waals surface area contributed by atoms with E-state index in [0.717, 1.165) is 6.07 Å². The lowest BCUT2D eigenvalue weighted by Crippen LogP contribution is -2.14. The molecule has 0 saturated heterocycles. The lowest BCUT2D eigenvalue weighted by atomic mass is 10.2. The van der Waals surface area contributed by atoms with Crippen molar-refractivity contribution in [1.82, 2.24) is 4.98 Å². The number of aromatic hydroxyl groups is 1. The zero-order chi connectivity index (χ0) is 17.0. The highest BCUT2D eigenvalue weighted by molar-refractivity contribution is 5.85. The molecular formula is C15H14F3N3O2. The van der Waals surface area contributed by atoms with E-state index in [4.69, 9.17) is 4.74 Å². The van der Waals surface area contributed by atoms with Crippen molar-refractivity contribution in [1.29, 1.82) is 0 Å². The second kappa shape index (κ2) is 6.55. The molecule has 1 heterocycles. The van der Waals surface area contributed by atoms with Gasteiger partial charge in [-0.25, -0.2) is 4.98 Å². The van der Waals surface area contributed by atoms with Crippen LogP contribution in [0, 0.1) is 0 Å². The van der Waals surface area contributed by atoms with Crippen LogP contribution in [0.3, 0.4) is 0 Å². The lowest BCUT2D eigenvalue weighted by molar-refractivity contribution is -0.141. The molecule has 0 atom stereocenters. The number of benzene rings is 1. The zero-order valence-corrected chi connectivity index (χ0v) is 12.4. The molecule has 0 aliphatic heterocycles. The standard InChI is InChI=1S/C15H14F3N3O2/c1-21(13-8-4-7-12(20-13)15(16,17)18)19-9-10-5-3-6-11(23-2)14(10)22/h3-9,22H,1-2H3. The summed E-state index contributed by atoms with van der Waals surface area (Å²) in [6, 6.07) is 8.36. The van der Waals surface area contributed by atoms with Crippen molar-refractivity contribution < 1.29 is 23.0 Å². The molecular weight excluding hydrogens is 311 g/mol. The number of alkyl halides is 3. The number of phenols is 1. The smallest absolute Gasteiger partial charge is 0.433 e. The largest absolute Gasteiger partial charge is 0.504 e. The maximum Gasteiger partial charge on any atom is 0.433 e. The highest BCUT2D eigenvalue weighted by Crippen LogP contribution is 2.29. The number of anilines is 1. The summed E-state index contributed by atoms with van der Waals surface area (Å²) in [4.78, 5) is 3.51. The van der Waals surface area contributed by atoms with Crippen molar-refractivity contribution in [2.24, 2.45) is 5.10 Å². The van der Waals surface area contributed by atoms with Gasteiger partial charge in [0, 0.05) is 12.6 Å². The molecule has 2 rings (SSSR count). The van der Waals surface area contributed by atoms with E-state index in [9.17, 15) is 18.3 Å².